The predicted octanol–water partition coefficient (Wildman–Crippen LogP) is -0.592. The maximum Gasteiger partial charge on any atom is 0.351 e. The zero-order valence-electron chi connectivity index (χ0n) is 9.42. The van der Waals surface area contributed by atoms with Gasteiger partial charge in [-0.15, -0.1) is 0 Å². The molecule has 1 rings (SSSR count). The SMILES string of the molecule is CCOP(=O)(OCC)C1NNCC(O)C1O. The number of rotatable bonds is 5. The number of aliphatic hydroxyl groups excluding tert-OH is 2. The Hall–Kier alpha value is -0.0100. The molecule has 1 heterocycles. The van der Waals surface area contributed by atoms with Gasteiger partial charge in [0.05, 0.1) is 19.3 Å². The molecule has 1 aliphatic heterocycles. The van der Waals surface area contributed by atoms with Crippen LogP contribution in [-0.2, 0) is 13.6 Å². The molecule has 1 saturated heterocycles. The van der Waals surface area contributed by atoms with Gasteiger partial charge >= 0.3 is 7.60 Å². The van der Waals surface area contributed by atoms with Gasteiger partial charge in [0.1, 0.15) is 6.10 Å². The lowest BCUT2D eigenvalue weighted by Gasteiger charge is -2.36. The van der Waals surface area contributed by atoms with Crippen molar-refractivity contribution in [2.24, 2.45) is 0 Å². The van der Waals surface area contributed by atoms with Crippen molar-refractivity contribution >= 4 is 7.60 Å². The van der Waals surface area contributed by atoms with Gasteiger partial charge in [-0.3, -0.25) is 9.99 Å². The van der Waals surface area contributed by atoms with Crippen LogP contribution in [0, 0.1) is 0 Å². The van der Waals surface area contributed by atoms with Gasteiger partial charge in [0.25, 0.3) is 0 Å². The van der Waals surface area contributed by atoms with E-state index in [0.29, 0.717) is 0 Å². The van der Waals surface area contributed by atoms with E-state index < -0.39 is 25.6 Å². The van der Waals surface area contributed by atoms with E-state index in [1.807, 2.05) is 0 Å². The number of β-amino-alcohol motifs (C(OH)–C–C–N with tert-alkyl or cyclic N) is 1. The number of hydrogen-bond acceptors (Lipinski definition) is 7. The molecule has 4 N–H and O–H groups in total. The van der Waals surface area contributed by atoms with E-state index in [4.69, 9.17) is 9.05 Å². The minimum absolute atomic E-state index is 0.177. The first-order valence-electron chi connectivity index (χ1n) is 5.28. The Kier molecular flexibility index (Phi) is 5.33. The van der Waals surface area contributed by atoms with E-state index in [0.717, 1.165) is 0 Å². The van der Waals surface area contributed by atoms with Crippen molar-refractivity contribution in [1.82, 2.24) is 10.9 Å². The topological polar surface area (TPSA) is 100 Å². The van der Waals surface area contributed by atoms with Crippen molar-refractivity contribution in [3.8, 4) is 0 Å². The predicted molar refractivity (Wildman–Crippen MR) is 57.8 cm³/mol. The van der Waals surface area contributed by atoms with Crippen LogP contribution < -0.4 is 10.9 Å². The van der Waals surface area contributed by atoms with Crippen LogP contribution in [0.2, 0.25) is 0 Å². The molecule has 3 atom stereocenters. The van der Waals surface area contributed by atoms with Crippen LogP contribution >= 0.6 is 7.60 Å². The fourth-order valence-corrected chi connectivity index (χ4v) is 3.45. The van der Waals surface area contributed by atoms with Crippen LogP contribution in [-0.4, -0.2) is 48.0 Å². The Morgan fingerprint density at radius 1 is 1.31 bits per heavy atom. The van der Waals surface area contributed by atoms with Crippen LogP contribution in [0.4, 0.5) is 0 Å². The third kappa shape index (κ3) is 3.01. The smallest absolute Gasteiger partial charge is 0.351 e. The molecule has 8 heteroatoms. The maximum absolute atomic E-state index is 12.3. The van der Waals surface area contributed by atoms with Gasteiger partial charge < -0.3 is 19.3 Å². The van der Waals surface area contributed by atoms with E-state index in [1.165, 1.54) is 0 Å². The Balaban J connectivity index is 2.80. The molecule has 96 valence electrons. The molecule has 0 aliphatic carbocycles. The molecule has 0 spiro atoms. The lowest BCUT2D eigenvalue weighted by Crippen LogP contribution is -2.60. The number of nitrogens with one attached hydrogen (secondary N) is 2. The molecule has 0 bridgehead atoms. The molecule has 0 saturated carbocycles. The first kappa shape index (κ1) is 14.1. The Labute approximate surface area is 94.6 Å². The van der Waals surface area contributed by atoms with Gasteiger partial charge in [-0.1, -0.05) is 0 Å². The molecular weight excluding hydrogens is 235 g/mol. The molecule has 0 aromatic carbocycles. The largest absolute Gasteiger partial charge is 0.389 e. The molecule has 7 nitrogen and oxygen atoms in total. The highest BCUT2D eigenvalue weighted by atomic mass is 31.2. The van der Waals surface area contributed by atoms with E-state index in [2.05, 4.69) is 10.9 Å². The second kappa shape index (κ2) is 6.07. The van der Waals surface area contributed by atoms with Gasteiger partial charge in [-0.05, 0) is 13.8 Å². The summed E-state index contributed by atoms with van der Waals surface area (Å²) in [5.74, 6) is -0.962. The summed E-state index contributed by atoms with van der Waals surface area (Å²) >= 11 is 0. The molecule has 0 radical (unpaired) electrons. The van der Waals surface area contributed by atoms with Crippen molar-refractivity contribution in [3.63, 3.8) is 0 Å². The van der Waals surface area contributed by atoms with Crippen LogP contribution in [0.3, 0.4) is 0 Å². The summed E-state index contributed by atoms with van der Waals surface area (Å²) in [5.41, 5.74) is 5.28. The number of hydrazine groups is 1. The second-order valence-electron chi connectivity index (χ2n) is 3.40. The lowest BCUT2D eigenvalue weighted by molar-refractivity contribution is -0.0200. The molecule has 16 heavy (non-hydrogen) atoms. The molecule has 3 unspecified atom stereocenters. The minimum Gasteiger partial charge on any atom is -0.389 e. The lowest BCUT2D eigenvalue weighted by atomic mass is 10.2. The van der Waals surface area contributed by atoms with Crippen molar-refractivity contribution < 1.29 is 23.8 Å². The molecular formula is C8H19N2O5P. The van der Waals surface area contributed by atoms with Crippen molar-refractivity contribution in [2.75, 3.05) is 19.8 Å². The van der Waals surface area contributed by atoms with Crippen molar-refractivity contribution in [1.29, 1.82) is 0 Å². The summed E-state index contributed by atoms with van der Waals surface area (Å²) in [7, 11) is -3.47. The van der Waals surface area contributed by atoms with E-state index in [1.54, 1.807) is 13.8 Å². The first-order valence-corrected chi connectivity index (χ1v) is 6.89. The Morgan fingerprint density at radius 3 is 2.38 bits per heavy atom. The van der Waals surface area contributed by atoms with Gasteiger partial charge in [0, 0.05) is 6.54 Å². The maximum atomic E-state index is 12.3. The third-order valence-corrected chi connectivity index (χ3v) is 4.59. The normalized spacial score (nSPS) is 31.6. The monoisotopic (exact) mass is 254 g/mol. The van der Waals surface area contributed by atoms with Crippen LogP contribution in [0.1, 0.15) is 13.8 Å². The van der Waals surface area contributed by atoms with Gasteiger partial charge in [-0.2, -0.15) is 0 Å². The standard InChI is InChI=1S/C8H19N2O5P/c1-3-14-16(13,15-4-2)8-7(12)6(11)5-9-10-8/h6-12H,3-5H2,1-2H3. The van der Waals surface area contributed by atoms with E-state index in [9.17, 15) is 14.8 Å². The van der Waals surface area contributed by atoms with Gasteiger partial charge in [-0.25, -0.2) is 5.43 Å². The highest BCUT2D eigenvalue weighted by Gasteiger charge is 2.45. The summed E-state index contributed by atoms with van der Waals surface area (Å²) in [6, 6.07) is 0. The third-order valence-electron chi connectivity index (χ3n) is 2.24. The Bertz CT molecular complexity index is 255. The zero-order chi connectivity index (χ0) is 12.2. The van der Waals surface area contributed by atoms with Gasteiger partial charge in [0.15, 0.2) is 5.78 Å². The average molecular weight is 254 g/mol. The van der Waals surface area contributed by atoms with Gasteiger partial charge in [0.2, 0.25) is 0 Å². The minimum atomic E-state index is -3.47. The Morgan fingerprint density at radius 2 is 1.88 bits per heavy atom. The molecule has 1 fully saturated rings. The van der Waals surface area contributed by atoms with Crippen LogP contribution in [0.15, 0.2) is 0 Å². The first-order chi connectivity index (χ1) is 7.55. The average Bonchev–Trinajstić information content (AvgIpc) is 2.22. The molecule has 0 aromatic rings. The highest BCUT2D eigenvalue weighted by Crippen LogP contribution is 2.53. The van der Waals surface area contributed by atoms with Crippen molar-refractivity contribution in [2.45, 2.75) is 31.8 Å². The van der Waals surface area contributed by atoms with Crippen molar-refractivity contribution in [3.05, 3.63) is 0 Å². The summed E-state index contributed by atoms with van der Waals surface area (Å²) in [5, 5.41) is 19.2. The van der Waals surface area contributed by atoms with Crippen LogP contribution in [0.25, 0.3) is 0 Å². The highest BCUT2D eigenvalue weighted by molar-refractivity contribution is 7.54. The summed E-state index contributed by atoms with van der Waals surface area (Å²) in [6.07, 6.45) is -2.19. The van der Waals surface area contributed by atoms with E-state index in [-0.39, 0.29) is 19.8 Å². The number of aliphatic hydroxyl groups is 2. The zero-order valence-corrected chi connectivity index (χ0v) is 10.3. The summed E-state index contributed by atoms with van der Waals surface area (Å²) < 4.78 is 22.5. The quantitative estimate of drug-likeness (QED) is 0.486. The second-order valence-corrected chi connectivity index (χ2v) is 5.56. The molecule has 0 amide bonds. The van der Waals surface area contributed by atoms with Crippen LogP contribution in [0.5, 0.6) is 0 Å². The molecule has 0 aromatic heterocycles. The fourth-order valence-electron chi connectivity index (χ4n) is 1.51. The summed E-state index contributed by atoms with van der Waals surface area (Å²) in [4.78, 5) is 0. The molecule has 1 aliphatic rings. The number of hydrogen-bond donors (Lipinski definition) is 4. The van der Waals surface area contributed by atoms with E-state index >= 15 is 0 Å². The summed E-state index contributed by atoms with van der Waals surface area (Å²) in [6.45, 7) is 3.96. The fraction of sp³-hybridized carbons (Fsp3) is 1.00.